The highest BCUT2D eigenvalue weighted by Crippen LogP contribution is 2.15. The SMILES string of the molecule is O=C(O)C(P)=C(CCO)C(=O)O. The van der Waals surface area contributed by atoms with E-state index in [1.54, 1.807) is 0 Å². The number of carboxylic acid groups (broad SMARTS) is 2. The molecule has 5 nitrogen and oxygen atoms in total. The van der Waals surface area contributed by atoms with E-state index in [9.17, 15) is 9.59 Å². The predicted molar refractivity (Wildman–Crippen MR) is 43.7 cm³/mol. The van der Waals surface area contributed by atoms with Crippen LogP contribution in [0.3, 0.4) is 0 Å². The van der Waals surface area contributed by atoms with Gasteiger partial charge in [0, 0.05) is 13.0 Å². The van der Waals surface area contributed by atoms with Crippen molar-refractivity contribution < 1.29 is 24.9 Å². The topological polar surface area (TPSA) is 94.8 Å². The van der Waals surface area contributed by atoms with Crippen molar-refractivity contribution in [2.75, 3.05) is 6.61 Å². The number of hydrogen-bond donors (Lipinski definition) is 3. The quantitative estimate of drug-likeness (QED) is 0.418. The van der Waals surface area contributed by atoms with Crippen LogP contribution in [0, 0.1) is 0 Å². The number of carboxylic acids is 2. The van der Waals surface area contributed by atoms with Gasteiger partial charge in [0.25, 0.3) is 0 Å². The fourth-order valence-corrected chi connectivity index (χ4v) is 0.866. The molecule has 0 saturated heterocycles. The van der Waals surface area contributed by atoms with Gasteiger partial charge >= 0.3 is 11.9 Å². The average molecular weight is 192 g/mol. The van der Waals surface area contributed by atoms with Crippen LogP contribution in [0.15, 0.2) is 10.9 Å². The second kappa shape index (κ2) is 4.85. The van der Waals surface area contributed by atoms with E-state index in [0.29, 0.717) is 0 Å². The summed E-state index contributed by atoms with van der Waals surface area (Å²) >= 11 is 0. The van der Waals surface area contributed by atoms with Crippen LogP contribution >= 0.6 is 9.24 Å². The largest absolute Gasteiger partial charge is 0.478 e. The molecule has 1 unspecified atom stereocenters. The zero-order valence-electron chi connectivity index (χ0n) is 6.15. The highest BCUT2D eigenvalue weighted by atomic mass is 31.0. The first kappa shape index (κ1) is 11.1. The molecule has 0 aliphatic rings. The fourth-order valence-electron chi connectivity index (χ4n) is 0.598. The molecule has 0 aliphatic carbocycles. The van der Waals surface area contributed by atoms with Gasteiger partial charge < -0.3 is 15.3 Å². The first-order valence-electron chi connectivity index (χ1n) is 3.06. The number of rotatable bonds is 4. The minimum Gasteiger partial charge on any atom is -0.478 e. The Hall–Kier alpha value is -0.930. The number of aliphatic carboxylic acids is 2. The number of aliphatic hydroxyl groups excluding tert-OH is 1. The monoisotopic (exact) mass is 192 g/mol. The third-order valence-electron chi connectivity index (χ3n) is 1.18. The van der Waals surface area contributed by atoms with Crippen LogP contribution in [0.2, 0.25) is 0 Å². The summed E-state index contributed by atoms with van der Waals surface area (Å²) in [7, 11) is 1.82. The second-order valence-electron chi connectivity index (χ2n) is 1.98. The average Bonchev–Trinajstić information content (AvgIpc) is 1.98. The summed E-state index contributed by atoms with van der Waals surface area (Å²) in [6.07, 6.45) is -0.166. The molecule has 0 amide bonds. The zero-order chi connectivity index (χ0) is 9.72. The van der Waals surface area contributed by atoms with Gasteiger partial charge in [-0.25, -0.2) is 9.59 Å². The van der Waals surface area contributed by atoms with Gasteiger partial charge in [0.05, 0.1) is 10.9 Å². The van der Waals surface area contributed by atoms with Crippen molar-refractivity contribution in [2.24, 2.45) is 0 Å². The molecule has 1 atom stereocenters. The van der Waals surface area contributed by atoms with Crippen LogP contribution in [0.4, 0.5) is 0 Å². The normalized spacial score (nSPS) is 12.2. The lowest BCUT2D eigenvalue weighted by Gasteiger charge is -2.01. The Balaban J connectivity index is 4.80. The van der Waals surface area contributed by atoms with E-state index in [0.717, 1.165) is 0 Å². The summed E-state index contributed by atoms with van der Waals surface area (Å²) in [5, 5.41) is 25.0. The Kier molecular flexibility index (Phi) is 4.47. The van der Waals surface area contributed by atoms with Crippen molar-refractivity contribution in [3.05, 3.63) is 10.9 Å². The molecule has 0 rings (SSSR count). The first-order chi connectivity index (χ1) is 5.50. The molecule has 0 aromatic heterocycles. The van der Waals surface area contributed by atoms with Crippen molar-refractivity contribution in [2.45, 2.75) is 6.42 Å². The van der Waals surface area contributed by atoms with E-state index in [-0.39, 0.29) is 23.9 Å². The summed E-state index contributed by atoms with van der Waals surface area (Å²) in [4.78, 5) is 20.7. The molecular weight excluding hydrogens is 183 g/mol. The van der Waals surface area contributed by atoms with E-state index in [4.69, 9.17) is 15.3 Å². The van der Waals surface area contributed by atoms with E-state index < -0.39 is 11.9 Å². The molecule has 12 heavy (non-hydrogen) atoms. The molecular formula is C6H9O5P. The molecule has 0 bridgehead atoms. The molecule has 68 valence electrons. The van der Waals surface area contributed by atoms with Crippen LogP contribution < -0.4 is 0 Å². The lowest BCUT2D eigenvalue weighted by molar-refractivity contribution is -0.135. The molecule has 0 saturated carbocycles. The van der Waals surface area contributed by atoms with Crippen molar-refractivity contribution >= 4 is 21.2 Å². The Bertz CT molecular complexity index is 232. The van der Waals surface area contributed by atoms with Crippen LogP contribution in [-0.4, -0.2) is 33.9 Å². The molecule has 0 fully saturated rings. The van der Waals surface area contributed by atoms with Gasteiger partial charge in [-0.2, -0.15) is 0 Å². The zero-order valence-corrected chi connectivity index (χ0v) is 7.30. The van der Waals surface area contributed by atoms with E-state index >= 15 is 0 Å². The van der Waals surface area contributed by atoms with Crippen LogP contribution in [0.25, 0.3) is 0 Å². The third kappa shape index (κ3) is 2.98. The number of carbonyl (C=O) groups is 2. The number of aliphatic hydroxyl groups is 1. The maximum atomic E-state index is 10.4. The van der Waals surface area contributed by atoms with Crippen LogP contribution in [-0.2, 0) is 9.59 Å². The van der Waals surface area contributed by atoms with Crippen molar-refractivity contribution in [3.8, 4) is 0 Å². The predicted octanol–water partition coefficient (Wildman–Crippen LogP) is -0.333. The molecule has 0 aromatic carbocycles. The summed E-state index contributed by atoms with van der Waals surface area (Å²) in [6, 6.07) is 0. The maximum absolute atomic E-state index is 10.4. The summed E-state index contributed by atoms with van der Waals surface area (Å²) < 4.78 is 0. The van der Waals surface area contributed by atoms with Gasteiger partial charge in [0.2, 0.25) is 0 Å². The lowest BCUT2D eigenvalue weighted by atomic mass is 10.2. The van der Waals surface area contributed by atoms with Gasteiger partial charge in [-0.05, 0) is 0 Å². The molecule has 0 spiro atoms. The molecule has 0 heterocycles. The highest BCUT2D eigenvalue weighted by molar-refractivity contribution is 7.25. The van der Waals surface area contributed by atoms with Gasteiger partial charge in [0.15, 0.2) is 0 Å². The van der Waals surface area contributed by atoms with Crippen molar-refractivity contribution in [1.29, 1.82) is 0 Å². The first-order valence-corrected chi connectivity index (χ1v) is 3.64. The standard InChI is InChI=1S/C6H9O5P/c7-2-1-3(5(8)9)4(12)6(10)11/h7H,1-2,12H2,(H,8,9)(H,10,11). The summed E-state index contributed by atoms with van der Waals surface area (Å²) in [5.74, 6) is -2.64. The van der Waals surface area contributed by atoms with E-state index in [2.05, 4.69) is 0 Å². The Morgan fingerprint density at radius 1 is 1.17 bits per heavy atom. The Morgan fingerprint density at radius 3 is 1.92 bits per heavy atom. The molecule has 0 aliphatic heterocycles. The second-order valence-corrected chi connectivity index (χ2v) is 2.55. The van der Waals surface area contributed by atoms with Gasteiger partial charge in [-0.15, -0.1) is 0 Å². The lowest BCUT2D eigenvalue weighted by Crippen LogP contribution is -2.09. The highest BCUT2D eigenvalue weighted by Gasteiger charge is 2.15. The van der Waals surface area contributed by atoms with Gasteiger partial charge in [-0.3, -0.25) is 0 Å². The minimum absolute atomic E-state index is 0.166. The van der Waals surface area contributed by atoms with E-state index in [1.165, 1.54) is 0 Å². The maximum Gasteiger partial charge on any atom is 0.336 e. The summed E-state index contributed by atoms with van der Waals surface area (Å²) in [5.41, 5.74) is -0.296. The van der Waals surface area contributed by atoms with Gasteiger partial charge in [0.1, 0.15) is 0 Å². The Morgan fingerprint density at radius 2 is 1.67 bits per heavy atom. The molecule has 6 heteroatoms. The van der Waals surface area contributed by atoms with Crippen molar-refractivity contribution in [1.82, 2.24) is 0 Å². The molecule has 3 N–H and O–H groups in total. The van der Waals surface area contributed by atoms with E-state index in [1.807, 2.05) is 9.24 Å². The van der Waals surface area contributed by atoms with Crippen LogP contribution in [0.5, 0.6) is 0 Å². The van der Waals surface area contributed by atoms with Crippen molar-refractivity contribution in [3.63, 3.8) is 0 Å². The number of hydrogen-bond acceptors (Lipinski definition) is 3. The molecule has 0 aromatic rings. The fraction of sp³-hybridized carbons (Fsp3) is 0.333. The third-order valence-corrected chi connectivity index (χ3v) is 1.77. The Labute approximate surface area is 70.9 Å². The van der Waals surface area contributed by atoms with Gasteiger partial charge in [-0.1, -0.05) is 9.24 Å². The smallest absolute Gasteiger partial charge is 0.336 e. The van der Waals surface area contributed by atoms with Crippen LogP contribution in [0.1, 0.15) is 6.42 Å². The summed E-state index contributed by atoms with van der Waals surface area (Å²) in [6.45, 7) is -0.382. The minimum atomic E-state index is -1.32. The molecule has 0 radical (unpaired) electrons.